The largest absolute Gasteiger partial charge is 0.381 e. The molecule has 0 aromatic rings. The van der Waals surface area contributed by atoms with E-state index in [1.54, 1.807) is 0 Å². The Hall–Kier alpha value is -0.410. The highest BCUT2D eigenvalue weighted by molar-refractivity contribution is 5.81. The smallest absolute Gasteiger partial charge is 0.140 e. The van der Waals surface area contributed by atoms with Gasteiger partial charge in [-0.15, -0.1) is 0 Å². The molecule has 1 saturated heterocycles. The van der Waals surface area contributed by atoms with Gasteiger partial charge in [0, 0.05) is 25.6 Å². The highest BCUT2D eigenvalue weighted by Crippen LogP contribution is 2.13. The van der Waals surface area contributed by atoms with Crippen LogP contribution < -0.4 is 0 Å². The molecular formula is C12H22O3. The molecule has 1 atom stereocenters. The van der Waals surface area contributed by atoms with Gasteiger partial charge in [-0.05, 0) is 18.8 Å². The molecule has 0 saturated carbocycles. The van der Waals surface area contributed by atoms with Crippen molar-refractivity contribution in [2.24, 2.45) is 11.8 Å². The van der Waals surface area contributed by atoms with E-state index in [-0.39, 0.29) is 5.92 Å². The van der Waals surface area contributed by atoms with Crippen LogP contribution in [0.4, 0.5) is 0 Å². The number of carbonyl (C=O) groups is 1. The van der Waals surface area contributed by atoms with Crippen LogP contribution in [0.2, 0.25) is 0 Å². The van der Waals surface area contributed by atoms with Crippen molar-refractivity contribution < 1.29 is 14.3 Å². The van der Waals surface area contributed by atoms with Crippen molar-refractivity contribution in [2.45, 2.75) is 33.1 Å². The van der Waals surface area contributed by atoms with Gasteiger partial charge in [0.1, 0.15) is 5.78 Å². The van der Waals surface area contributed by atoms with Gasteiger partial charge in [0.05, 0.1) is 13.2 Å². The molecule has 0 aliphatic carbocycles. The molecule has 0 spiro atoms. The lowest BCUT2D eigenvalue weighted by atomic mass is 9.98. The zero-order valence-electron chi connectivity index (χ0n) is 9.83. The number of carbonyl (C=O) groups excluding carboxylic acids is 1. The summed E-state index contributed by atoms with van der Waals surface area (Å²) >= 11 is 0. The summed E-state index contributed by atoms with van der Waals surface area (Å²) in [5, 5.41) is 0. The van der Waals surface area contributed by atoms with Gasteiger partial charge in [0.2, 0.25) is 0 Å². The maximum absolute atomic E-state index is 11.4. The lowest BCUT2D eigenvalue weighted by Crippen LogP contribution is -2.28. The van der Waals surface area contributed by atoms with Crippen LogP contribution in [0.3, 0.4) is 0 Å². The summed E-state index contributed by atoms with van der Waals surface area (Å²) in [7, 11) is 0. The van der Waals surface area contributed by atoms with Gasteiger partial charge >= 0.3 is 0 Å². The van der Waals surface area contributed by atoms with Crippen LogP contribution in [0.15, 0.2) is 0 Å². The van der Waals surface area contributed by atoms with Crippen molar-refractivity contribution in [3.8, 4) is 0 Å². The molecule has 15 heavy (non-hydrogen) atoms. The summed E-state index contributed by atoms with van der Waals surface area (Å²) in [4.78, 5) is 11.4. The molecule has 1 aliphatic heterocycles. The highest BCUT2D eigenvalue weighted by atomic mass is 16.5. The van der Waals surface area contributed by atoms with E-state index in [4.69, 9.17) is 9.47 Å². The molecule has 3 nitrogen and oxygen atoms in total. The predicted molar refractivity (Wildman–Crippen MR) is 58.8 cm³/mol. The Morgan fingerprint density at radius 2 is 2.27 bits per heavy atom. The molecule has 0 N–H and O–H groups in total. The van der Waals surface area contributed by atoms with Crippen molar-refractivity contribution in [3.05, 3.63) is 0 Å². The fourth-order valence-corrected chi connectivity index (χ4v) is 1.59. The SMILES string of the molecule is CC(C)CCOCCC1COCCC1=O. The van der Waals surface area contributed by atoms with Crippen LogP contribution in [-0.2, 0) is 14.3 Å². The minimum absolute atomic E-state index is 0.0813. The summed E-state index contributed by atoms with van der Waals surface area (Å²) in [5.41, 5.74) is 0. The van der Waals surface area contributed by atoms with Gasteiger partial charge in [-0.25, -0.2) is 0 Å². The Morgan fingerprint density at radius 3 is 2.93 bits per heavy atom. The fraction of sp³-hybridized carbons (Fsp3) is 0.917. The van der Waals surface area contributed by atoms with E-state index in [2.05, 4.69) is 13.8 Å². The van der Waals surface area contributed by atoms with Gasteiger partial charge in [0.15, 0.2) is 0 Å². The van der Waals surface area contributed by atoms with Crippen molar-refractivity contribution in [3.63, 3.8) is 0 Å². The Labute approximate surface area is 92.1 Å². The summed E-state index contributed by atoms with van der Waals surface area (Å²) < 4.78 is 10.8. The van der Waals surface area contributed by atoms with Crippen molar-refractivity contribution in [1.29, 1.82) is 0 Å². The lowest BCUT2D eigenvalue weighted by Gasteiger charge is -2.20. The minimum atomic E-state index is 0.0813. The summed E-state index contributed by atoms with van der Waals surface area (Å²) in [5.74, 6) is 1.11. The molecule has 0 aromatic carbocycles. The molecular weight excluding hydrogens is 192 g/mol. The van der Waals surface area contributed by atoms with E-state index in [0.29, 0.717) is 37.9 Å². The first-order valence-corrected chi connectivity index (χ1v) is 5.88. The van der Waals surface area contributed by atoms with Crippen LogP contribution in [0.25, 0.3) is 0 Å². The molecule has 1 aliphatic rings. The second-order valence-electron chi connectivity index (χ2n) is 4.57. The van der Waals surface area contributed by atoms with E-state index < -0.39 is 0 Å². The third kappa shape index (κ3) is 5.28. The Kier molecular flexibility index (Phi) is 5.88. The van der Waals surface area contributed by atoms with Crippen LogP contribution in [-0.4, -0.2) is 32.2 Å². The second-order valence-corrected chi connectivity index (χ2v) is 4.57. The molecule has 3 heteroatoms. The first-order chi connectivity index (χ1) is 7.20. The normalized spacial score (nSPS) is 22.3. The molecule has 88 valence electrons. The molecule has 0 bridgehead atoms. The van der Waals surface area contributed by atoms with E-state index >= 15 is 0 Å². The number of rotatable bonds is 6. The standard InChI is InChI=1S/C12H22O3/c1-10(2)3-6-14-7-4-11-9-15-8-5-12(11)13/h10-11H,3-9H2,1-2H3. The lowest BCUT2D eigenvalue weighted by molar-refractivity contribution is -0.131. The van der Waals surface area contributed by atoms with Crippen LogP contribution in [0, 0.1) is 11.8 Å². The first-order valence-electron chi connectivity index (χ1n) is 5.88. The average Bonchev–Trinajstić information content (AvgIpc) is 2.20. The van der Waals surface area contributed by atoms with Crippen LogP contribution >= 0.6 is 0 Å². The van der Waals surface area contributed by atoms with Gasteiger partial charge in [-0.1, -0.05) is 13.8 Å². The Bertz CT molecular complexity index is 189. The van der Waals surface area contributed by atoms with Gasteiger partial charge in [0.25, 0.3) is 0 Å². The molecule has 1 fully saturated rings. The highest BCUT2D eigenvalue weighted by Gasteiger charge is 2.22. The third-order valence-corrected chi connectivity index (χ3v) is 2.72. The molecule has 1 unspecified atom stereocenters. The third-order valence-electron chi connectivity index (χ3n) is 2.72. The maximum atomic E-state index is 11.4. The monoisotopic (exact) mass is 214 g/mol. The van der Waals surface area contributed by atoms with Crippen molar-refractivity contribution in [2.75, 3.05) is 26.4 Å². The minimum Gasteiger partial charge on any atom is -0.381 e. The molecule has 0 amide bonds. The van der Waals surface area contributed by atoms with Gasteiger partial charge < -0.3 is 9.47 Å². The number of ether oxygens (including phenoxy) is 2. The quantitative estimate of drug-likeness (QED) is 0.635. The van der Waals surface area contributed by atoms with Gasteiger partial charge in [-0.3, -0.25) is 4.79 Å². The van der Waals surface area contributed by atoms with E-state index in [0.717, 1.165) is 19.4 Å². The average molecular weight is 214 g/mol. The Balaban J connectivity index is 2.01. The predicted octanol–water partition coefficient (Wildman–Crippen LogP) is 2.04. The summed E-state index contributed by atoms with van der Waals surface area (Å²) in [6.45, 7) is 7.05. The molecule has 1 heterocycles. The number of hydrogen-bond donors (Lipinski definition) is 0. The van der Waals surface area contributed by atoms with E-state index in [1.165, 1.54) is 0 Å². The number of Topliss-reactive ketones (excluding diaryl/α,β-unsaturated/α-hetero) is 1. The van der Waals surface area contributed by atoms with E-state index in [9.17, 15) is 4.79 Å². The zero-order valence-corrected chi connectivity index (χ0v) is 9.83. The van der Waals surface area contributed by atoms with Gasteiger partial charge in [-0.2, -0.15) is 0 Å². The van der Waals surface area contributed by atoms with Crippen molar-refractivity contribution in [1.82, 2.24) is 0 Å². The number of ketones is 1. The Morgan fingerprint density at radius 1 is 1.47 bits per heavy atom. The molecule has 0 aromatic heterocycles. The first kappa shape index (κ1) is 12.7. The number of hydrogen-bond acceptors (Lipinski definition) is 3. The molecule has 0 radical (unpaired) electrons. The van der Waals surface area contributed by atoms with Crippen molar-refractivity contribution >= 4 is 5.78 Å². The second kappa shape index (κ2) is 6.96. The topological polar surface area (TPSA) is 35.5 Å². The van der Waals surface area contributed by atoms with Crippen LogP contribution in [0.5, 0.6) is 0 Å². The van der Waals surface area contributed by atoms with Crippen LogP contribution in [0.1, 0.15) is 33.1 Å². The zero-order chi connectivity index (χ0) is 11.1. The van der Waals surface area contributed by atoms with E-state index in [1.807, 2.05) is 0 Å². The summed E-state index contributed by atoms with van der Waals surface area (Å²) in [6, 6.07) is 0. The fourth-order valence-electron chi connectivity index (χ4n) is 1.59. The molecule has 1 rings (SSSR count). The summed E-state index contributed by atoms with van der Waals surface area (Å²) in [6.07, 6.45) is 2.49. The maximum Gasteiger partial charge on any atom is 0.140 e.